The van der Waals surface area contributed by atoms with Crippen molar-refractivity contribution >= 4 is 17.6 Å². The molecule has 1 saturated heterocycles. The van der Waals surface area contributed by atoms with E-state index in [0.29, 0.717) is 31.0 Å². The van der Waals surface area contributed by atoms with Crippen LogP contribution < -0.4 is 10.1 Å². The van der Waals surface area contributed by atoms with Crippen LogP contribution in [0.3, 0.4) is 0 Å². The maximum atomic E-state index is 13.9. The van der Waals surface area contributed by atoms with Crippen molar-refractivity contribution in [1.29, 1.82) is 0 Å². The molecule has 0 saturated carbocycles. The Kier molecular flexibility index (Phi) is 7.58. The summed E-state index contributed by atoms with van der Waals surface area (Å²) in [6, 6.07) is 14.4. The first-order valence-electron chi connectivity index (χ1n) is 11.9. The molecule has 1 aliphatic heterocycles. The molecule has 0 aliphatic carbocycles. The number of carbonyl (C=O) groups is 2. The van der Waals surface area contributed by atoms with Crippen molar-refractivity contribution in [2.45, 2.75) is 45.3 Å². The molecular formula is C27H30F2N4O4. The van der Waals surface area contributed by atoms with Crippen LogP contribution in [0.25, 0.3) is 0 Å². The largest absolute Gasteiger partial charge is 0.464 e. The molecule has 4 rings (SSSR count). The van der Waals surface area contributed by atoms with Gasteiger partial charge in [0, 0.05) is 31.0 Å². The van der Waals surface area contributed by atoms with Gasteiger partial charge in [-0.1, -0.05) is 38.1 Å². The van der Waals surface area contributed by atoms with Crippen molar-refractivity contribution < 1.29 is 27.8 Å². The number of aryl methyl sites for hydroxylation is 1. The Morgan fingerprint density at radius 3 is 2.54 bits per heavy atom. The molecular weight excluding hydrogens is 482 g/mol. The average Bonchev–Trinajstić information content (AvgIpc) is 3.30. The number of halogens is 2. The third-order valence-electron chi connectivity index (χ3n) is 6.51. The third kappa shape index (κ3) is 5.48. The van der Waals surface area contributed by atoms with Crippen molar-refractivity contribution in [3.05, 3.63) is 76.7 Å². The molecule has 10 heteroatoms. The molecule has 0 unspecified atom stereocenters. The number of hydrogen-bond donors (Lipinski definition) is 2. The van der Waals surface area contributed by atoms with Crippen LogP contribution in [0.5, 0.6) is 5.88 Å². The Hall–Kier alpha value is -3.79. The summed E-state index contributed by atoms with van der Waals surface area (Å²) in [5.74, 6) is -0.945. The molecule has 1 amide bonds. The number of likely N-dealkylation sites (tertiary alicyclic amines) is 1. The van der Waals surface area contributed by atoms with Gasteiger partial charge in [0.15, 0.2) is 0 Å². The number of rotatable bonds is 9. The molecule has 1 aliphatic rings. The van der Waals surface area contributed by atoms with Crippen LogP contribution in [0.2, 0.25) is 0 Å². The quantitative estimate of drug-likeness (QED) is 0.406. The maximum Gasteiger partial charge on any atom is 0.388 e. The van der Waals surface area contributed by atoms with E-state index >= 15 is 0 Å². The number of esters is 1. The van der Waals surface area contributed by atoms with Gasteiger partial charge in [0.1, 0.15) is 11.4 Å². The highest BCUT2D eigenvalue weighted by Gasteiger charge is 2.51. The topological polar surface area (TPSA) is 96.6 Å². The highest BCUT2D eigenvalue weighted by Crippen LogP contribution is 2.41. The SMILES string of the molecule is COC(=O)c1ccc(CN2CC(C(=O)Nc3ccc(C)nc3OC(F)F)(c3ccccc3C(C)C)C2)[nH]1. The molecule has 2 N–H and O–H groups in total. The van der Waals surface area contributed by atoms with Crippen LogP contribution in [-0.2, 0) is 21.5 Å². The Bertz CT molecular complexity index is 1280. The summed E-state index contributed by atoms with van der Waals surface area (Å²) in [7, 11) is 1.32. The summed E-state index contributed by atoms with van der Waals surface area (Å²) in [6.45, 7) is 3.97. The highest BCUT2D eigenvalue weighted by atomic mass is 19.3. The minimum absolute atomic E-state index is 0.0860. The second-order valence-electron chi connectivity index (χ2n) is 9.50. The molecule has 0 spiro atoms. The van der Waals surface area contributed by atoms with Gasteiger partial charge >= 0.3 is 12.6 Å². The number of hydrogen-bond acceptors (Lipinski definition) is 6. The first kappa shape index (κ1) is 26.3. The fourth-order valence-corrected chi connectivity index (χ4v) is 4.75. The molecule has 0 atom stereocenters. The number of anilines is 1. The van der Waals surface area contributed by atoms with E-state index in [9.17, 15) is 18.4 Å². The van der Waals surface area contributed by atoms with Crippen LogP contribution in [0.4, 0.5) is 14.5 Å². The average molecular weight is 513 g/mol. The lowest BCUT2D eigenvalue weighted by molar-refractivity contribution is -0.128. The first-order chi connectivity index (χ1) is 17.6. The zero-order chi connectivity index (χ0) is 26.7. The van der Waals surface area contributed by atoms with Gasteiger partial charge < -0.3 is 19.8 Å². The molecule has 2 aromatic heterocycles. The van der Waals surface area contributed by atoms with Gasteiger partial charge in [-0.25, -0.2) is 9.78 Å². The lowest BCUT2D eigenvalue weighted by atomic mass is 9.69. The maximum absolute atomic E-state index is 13.9. The second-order valence-corrected chi connectivity index (χ2v) is 9.50. The van der Waals surface area contributed by atoms with E-state index in [4.69, 9.17) is 4.74 Å². The fourth-order valence-electron chi connectivity index (χ4n) is 4.75. The van der Waals surface area contributed by atoms with E-state index in [1.54, 1.807) is 25.1 Å². The van der Waals surface area contributed by atoms with Crippen molar-refractivity contribution in [1.82, 2.24) is 14.9 Å². The van der Waals surface area contributed by atoms with E-state index in [1.165, 1.54) is 13.2 Å². The van der Waals surface area contributed by atoms with E-state index in [0.717, 1.165) is 16.8 Å². The van der Waals surface area contributed by atoms with E-state index in [1.807, 2.05) is 24.3 Å². The van der Waals surface area contributed by atoms with Crippen molar-refractivity contribution in [2.24, 2.45) is 0 Å². The monoisotopic (exact) mass is 512 g/mol. The number of benzene rings is 1. The minimum atomic E-state index is -3.07. The number of aromatic amines is 1. The van der Waals surface area contributed by atoms with E-state index < -0.39 is 18.0 Å². The highest BCUT2D eigenvalue weighted by molar-refractivity contribution is 6.01. The van der Waals surface area contributed by atoms with Gasteiger partial charge in [-0.05, 0) is 48.2 Å². The minimum Gasteiger partial charge on any atom is -0.464 e. The molecule has 196 valence electrons. The molecule has 0 radical (unpaired) electrons. The Labute approximate surface area is 214 Å². The van der Waals surface area contributed by atoms with Gasteiger partial charge in [-0.2, -0.15) is 8.78 Å². The van der Waals surface area contributed by atoms with E-state index in [2.05, 4.69) is 38.8 Å². The van der Waals surface area contributed by atoms with Gasteiger partial charge in [-0.3, -0.25) is 9.69 Å². The van der Waals surface area contributed by atoms with Crippen LogP contribution in [0.1, 0.15) is 52.8 Å². The lowest BCUT2D eigenvalue weighted by Gasteiger charge is -2.50. The Morgan fingerprint density at radius 2 is 1.86 bits per heavy atom. The van der Waals surface area contributed by atoms with Crippen molar-refractivity contribution in [3.8, 4) is 5.88 Å². The molecule has 8 nitrogen and oxygen atoms in total. The number of nitrogens with one attached hydrogen (secondary N) is 2. The number of methoxy groups -OCH3 is 1. The number of aromatic nitrogens is 2. The number of carbonyl (C=O) groups excluding carboxylic acids is 2. The fraction of sp³-hybridized carbons (Fsp3) is 0.370. The van der Waals surface area contributed by atoms with Crippen LogP contribution in [-0.4, -0.2) is 53.6 Å². The number of pyridine rings is 1. The predicted molar refractivity (Wildman–Crippen MR) is 134 cm³/mol. The summed E-state index contributed by atoms with van der Waals surface area (Å²) < 4.78 is 35.3. The lowest BCUT2D eigenvalue weighted by Crippen LogP contribution is -2.64. The van der Waals surface area contributed by atoms with Gasteiger partial charge in [0.05, 0.1) is 12.5 Å². The Balaban J connectivity index is 1.63. The predicted octanol–water partition coefficient (Wildman–Crippen LogP) is 4.62. The molecule has 3 heterocycles. The number of alkyl halides is 2. The molecule has 0 bridgehead atoms. The van der Waals surface area contributed by atoms with Crippen molar-refractivity contribution in [3.63, 3.8) is 0 Å². The zero-order valence-electron chi connectivity index (χ0n) is 21.2. The van der Waals surface area contributed by atoms with Crippen molar-refractivity contribution in [2.75, 3.05) is 25.5 Å². The first-order valence-corrected chi connectivity index (χ1v) is 11.9. The molecule has 1 fully saturated rings. The van der Waals surface area contributed by atoms with Gasteiger partial charge in [0.25, 0.3) is 0 Å². The molecule has 3 aromatic rings. The third-order valence-corrected chi connectivity index (χ3v) is 6.51. The molecule has 1 aromatic carbocycles. The van der Waals surface area contributed by atoms with Gasteiger partial charge in [0.2, 0.25) is 11.8 Å². The summed E-state index contributed by atoms with van der Waals surface area (Å²) >= 11 is 0. The van der Waals surface area contributed by atoms with Crippen LogP contribution >= 0.6 is 0 Å². The second kappa shape index (κ2) is 10.7. The zero-order valence-corrected chi connectivity index (χ0v) is 21.2. The summed E-state index contributed by atoms with van der Waals surface area (Å²) in [6.07, 6.45) is 0. The summed E-state index contributed by atoms with van der Waals surface area (Å²) in [5, 5.41) is 2.81. The van der Waals surface area contributed by atoms with Crippen LogP contribution in [0.15, 0.2) is 48.5 Å². The number of H-pyrrole nitrogens is 1. The number of ether oxygens (including phenoxy) is 2. The summed E-state index contributed by atoms with van der Waals surface area (Å²) in [5.41, 5.74) is 2.73. The molecule has 37 heavy (non-hydrogen) atoms. The number of nitrogens with zero attached hydrogens (tertiary/aromatic N) is 2. The smallest absolute Gasteiger partial charge is 0.388 e. The van der Waals surface area contributed by atoms with Gasteiger partial charge in [-0.15, -0.1) is 0 Å². The normalized spacial score (nSPS) is 14.9. The number of amides is 1. The van der Waals surface area contributed by atoms with Crippen LogP contribution in [0, 0.1) is 6.92 Å². The summed E-state index contributed by atoms with van der Waals surface area (Å²) in [4.78, 5) is 34.8. The Morgan fingerprint density at radius 1 is 1.14 bits per heavy atom. The standard InChI is InChI=1S/C27H30F2N4O4/c1-16(2)19-7-5-6-8-20(19)27(14-33(15-27)13-18-10-12-22(31-18)24(34)36-4)25(35)32-21-11-9-17(3)30-23(21)37-26(28)29/h5-12,16,26,31H,13-15H2,1-4H3,(H,32,35). The van der Waals surface area contributed by atoms with E-state index in [-0.39, 0.29) is 23.4 Å².